The van der Waals surface area contributed by atoms with Gasteiger partial charge in [-0.2, -0.15) is 0 Å². The number of hydrogen-bond acceptors (Lipinski definition) is 3. The summed E-state index contributed by atoms with van der Waals surface area (Å²) < 4.78 is 0. The van der Waals surface area contributed by atoms with Crippen LogP contribution in [0.1, 0.15) is 22.9 Å². The largest absolute Gasteiger partial charge is 0.331 e. The third-order valence-corrected chi connectivity index (χ3v) is 4.80. The van der Waals surface area contributed by atoms with Gasteiger partial charge in [0.05, 0.1) is 5.69 Å². The van der Waals surface area contributed by atoms with Crippen LogP contribution in [0.4, 0.5) is 10.8 Å². The van der Waals surface area contributed by atoms with Gasteiger partial charge in [0.2, 0.25) is 0 Å². The Morgan fingerprint density at radius 2 is 1.82 bits per heavy atom. The van der Waals surface area contributed by atoms with E-state index in [9.17, 15) is 0 Å². The summed E-state index contributed by atoms with van der Waals surface area (Å²) in [6.07, 6.45) is 0.996. The fourth-order valence-electron chi connectivity index (χ4n) is 2.54. The van der Waals surface area contributed by atoms with Gasteiger partial charge in [-0.25, -0.2) is 4.98 Å². The van der Waals surface area contributed by atoms with Gasteiger partial charge in [-0.15, -0.1) is 11.3 Å². The second-order valence-electron chi connectivity index (χ2n) is 5.45. The van der Waals surface area contributed by atoms with Crippen LogP contribution in [0, 0.1) is 13.8 Å². The molecule has 0 bridgehead atoms. The Balaban J connectivity index is 1.94. The van der Waals surface area contributed by atoms with Crippen molar-refractivity contribution in [2.75, 3.05) is 5.32 Å². The van der Waals surface area contributed by atoms with Gasteiger partial charge in [-0.1, -0.05) is 55.0 Å². The minimum atomic E-state index is 0.961. The van der Waals surface area contributed by atoms with Gasteiger partial charge in [-0.05, 0) is 31.9 Å². The second kappa shape index (κ2) is 6.32. The van der Waals surface area contributed by atoms with E-state index in [2.05, 4.69) is 68.6 Å². The van der Waals surface area contributed by atoms with Crippen LogP contribution >= 0.6 is 11.3 Å². The molecule has 0 saturated heterocycles. The Bertz CT molecular complexity index is 775. The average molecular weight is 308 g/mol. The molecule has 2 nitrogen and oxygen atoms in total. The van der Waals surface area contributed by atoms with Gasteiger partial charge < -0.3 is 5.32 Å². The summed E-state index contributed by atoms with van der Waals surface area (Å²) >= 11 is 1.74. The monoisotopic (exact) mass is 308 g/mol. The van der Waals surface area contributed by atoms with Crippen LogP contribution in [0.3, 0.4) is 0 Å². The lowest BCUT2D eigenvalue weighted by Gasteiger charge is -2.07. The van der Waals surface area contributed by atoms with E-state index in [1.165, 1.54) is 21.6 Å². The highest BCUT2D eigenvalue weighted by Gasteiger charge is 2.12. The van der Waals surface area contributed by atoms with Gasteiger partial charge in [0.25, 0.3) is 0 Å². The molecule has 3 heteroatoms. The highest BCUT2D eigenvalue weighted by Crippen LogP contribution is 2.33. The first-order valence-corrected chi connectivity index (χ1v) is 8.38. The Morgan fingerprint density at radius 1 is 1.05 bits per heavy atom. The molecule has 22 heavy (non-hydrogen) atoms. The number of nitrogens with one attached hydrogen (secondary N) is 1. The summed E-state index contributed by atoms with van der Waals surface area (Å²) in [7, 11) is 0. The summed E-state index contributed by atoms with van der Waals surface area (Å²) in [6, 6.07) is 16.8. The molecule has 0 spiro atoms. The van der Waals surface area contributed by atoms with Crippen LogP contribution < -0.4 is 5.32 Å². The number of anilines is 2. The molecule has 1 heterocycles. The Kier molecular flexibility index (Phi) is 4.25. The highest BCUT2D eigenvalue weighted by atomic mass is 32.1. The molecule has 3 aromatic rings. The van der Waals surface area contributed by atoms with Gasteiger partial charge in [0, 0.05) is 16.1 Å². The summed E-state index contributed by atoms with van der Waals surface area (Å²) in [5, 5.41) is 4.43. The van der Waals surface area contributed by atoms with E-state index >= 15 is 0 Å². The molecule has 0 aliphatic heterocycles. The van der Waals surface area contributed by atoms with Crippen LogP contribution in [0.15, 0.2) is 48.5 Å². The van der Waals surface area contributed by atoms with Crippen LogP contribution in [0.25, 0.3) is 11.3 Å². The van der Waals surface area contributed by atoms with Crippen molar-refractivity contribution in [3.8, 4) is 11.3 Å². The SMILES string of the molecule is CCc1sc(Nc2ccc(C)cc2C)nc1-c1ccccc1. The minimum absolute atomic E-state index is 0.961. The maximum absolute atomic E-state index is 4.82. The normalized spacial score (nSPS) is 10.7. The van der Waals surface area contributed by atoms with Crippen LogP contribution in [0.2, 0.25) is 0 Å². The standard InChI is InChI=1S/C19H20N2S/c1-4-17-18(15-8-6-5-7-9-15)21-19(22-17)20-16-11-10-13(2)12-14(16)3/h5-12H,4H2,1-3H3,(H,20,21). The summed E-state index contributed by atoms with van der Waals surface area (Å²) in [4.78, 5) is 6.14. The zero-order valence-electron chi connectivity index (χ0n) is 13.2. The fourth-order valence-corrected chi connectivity index (χ4v) is 3.47. The minimum Gasteiger partial charge on any atom is -0.331 e. The number of aryl methyl sites for hydroxylation is 3. The lowest BCUT2D eigenvalue weighted by atomic mass is 10.1. The molecule has 0 saturated carbocycles. The second-order valence-corrected chi connectivity index (χ2v) is 6.54. The molecule has 1 N–H and O–H groups in total. The van der Waals surface area contributed by atoms with Crippen molar-refractivity contribution in [2.45, 2.75) is 27.2 Å². The van der Waals surface area contributed by atoms with E-state index in [4.69, 9.17) is 4.98 Å². The van der Waals surface area contributed by atoms with Crippen molar-refractivity contribution in [3.63, 3.8) is 0 Å². The van der Waals surface area contributed by atoms with E-state index in [-0.39, 0.29) is 0 Å². The van der Waals surface area contributed by atoms with Crippen molar-refractivity contribution in [1.29, 1.82) is 0 Å². The van der Waals surface area contributed by atoms with Crippen LogP contribution in [0.5, 0.6) is 0 Å². The van der Waals surface area contributed by atoms with E-state index in [1.54, 1.807) is 11.3 Å². The molecular formula is C19H20N2S. The highest BCUT2D eigenvalue weighted by molar-refractivity contribution is 7.16. The van der Waals surface area contributed by atoms with Gasteiger partial charge >= 0.3 is 0 Å². The zero-order chi connectivity index (χ0) is 15.5. The number of thiazole rings is 1. The zero-order valence-corrected chi connectivity index (χ0v) is 14.0. The quantitative estimate of drug-likeness (QED) is 0.665. The van der Waals surface area contributed by atoms with Crippen LogP contribution in [-0.4, -0.2) is 4.98 Å². The molecule has 0 aliphatic carbocycles. The maximum atomic E-state index is 4.82. The van der Waals surface area contributed by atoms with Crippen molar-refractivity contribution in [3.05, 3.63) is 64.5 Å². The topological polar surface area (TPSA) is 24.9 Å². The third-order valence-electron chi connectivity index (χ3n) is 3.69. The molecule has 112 valence electrons. The predicted molar refractivity (Wildman–Crippen MR) is 96.1 cm³/mol. The smallest absolute Gasteiger partial charge is 0.187 e. The Hall–Kier alpha value is -2.13. The van der Waals surface area contributed by atoms with Gasteiger partial charge in [-0.3, -0.25) is 0 Å². The lowest BCUT2D eigenvalue weighted by molar-refractivity contribution is 1.17. The van der Waals surface area contributed by atoms with Crippen LogP contribution in [-0.2, 0) is 6.42 Å². The third kappa shape index (κ3) is 3.04. The molecule has 0 fully saturated rings. The average Bonchev–Trinajstić information content (AvgIpc) is 2.94. The van der Waals surface area contributed by atoms with E-state index < -0.39 is 0 Å². The van der Waals surface area contributed by atoms with Gasteiger partial charge in [0.15, 0.2) is 5.13 Å². The lowest BCUT2D eigenvalue weighted by Crippen LogP contribution is -1.93. The molecule has 0 aliphatic rings. The van der Waals surface area contributed by atoms with Crippen molar-refractivity contribution < 1.29 is 0 Å². The number of nitrogens with zero attached hydrogens (tertiary/aromatic N) is 1. The van der Waals surface area contributed by atoms with Crippen molar-refractivity contribution in [1.82, 2.24) is 4.98 Å². The van der Waals surface area contributed by atoms with Gasteiger partial charge in [0.1, 0.15) is 0 Å². The Labute approximate surface area is 135 Å². The number of benzene rings is 2. The molecule has 0 atom stereocenters. The molecule has 0 amide bonds. The first-order valence-electron chi connectivity index (χ1n) is 7.56. The molecule has 1 aromatic heterocycles. The molecule has 0 radical (unpaired) electrons. The summed E-state index contributed by atoms with van der Waals surface area (Å²) in [5.74, 6) is 0. The molecule has 0 unspecified atom stereocenters. The molecular weight excluding hydrogens is 288 g/mol. The number of hydrogen-bond donors (Lipinski definition) is 1. The first-order chi connectivity index (χ1) is 10.7. The first kappa shape index (κ1) is 14.8. The molecule has 2 aromatic carbocycles. The summed E-state index contributed by atoms with van der Waals surface area (Å²) in [5.41, 5.74) is 5.93. The molecule has 3 rings (SSSR count). The maximum Gasteiger partial charge on any atom is 0.187 e. The van der Waals surface area contributed by atoms with E-state index in [0.29, 0.717) is 0 Å². The Morgan fingerprint density at radius 3 is 2.50 bits per heavy atom. The summed E-state index contributed by atoms with van der Waals surface area (Å²) in [6.45, 7) is 6.42. The van der Waals surface area contributed by atoms with Crippen molar-refractivity contribution in [2.24, 2.45) is 0 Å². The van der Waals surface area contributed by atoms with Crippen molar-refractivity contribution >= 4 is 22.2 Å². The number of aromatic nitrogens is 1. The van der Waals surface area contributed by atoms with E-state index in [1.807, 2.05) is 6.07 Å². The predicted octanol–water partition coefficient (Wildman–Crippen LogP) is 5.73. The number of rotatable bonds is 4. The van der Waals surface area contributed by atoms with E-state index in [0.717, 1.165) is 22.9 Å². The fraction of sp³-hybridized carbons (Fsp3) is 0.211.